The lowest BCUT2D eigenvalue weighted by Gasteiger charge is -1.96. The molecule has 1 heterocycles. The van der Waals surface area contributed by atoms with Crippen LogP contribution in [0.25, 0.3) is 0 Å². The van der Waals surface area contributed by atoms with Crippen LogP contribution in [-0.4, -0.2) is 4.98 Å². The third-order valence-corrected chi connectivity index (χ3v) is 1.56. The molecule has 0 unspecified atom stereocenters. The summed E-state index contributed by atoms with van der Waals surface area (Å²) >= 11 is 0. The highest BCUT2D eigenvalue weighted by atomic mass is 19.1. The second-order valence-electron chi connectivity index (χ2n) is 2.56. The minimum Gasteiger partial charge on any atom is -0.225 e. The van der Waals surface area contributed by atoms with Crippen molar-refractivity contribution in [3.8, 4) is 0 Å². The lowest BCUT2D eigenvalue weighted by molar-refractivity contribution is 0.574. The Hall–Kier alpha value is -0.920. The average molecular weight is 153 g/mol. The van der Waals surface area contributed by atoms with Crippen molar-refractivity contribution in [2.24, 2.45) is 0 Å². The van der Waals surface area contributed by atoms with E-state index in [9.17, 15) is 4.39 Å². The maximum Gasteiger partial charge on any atom is 0.213 e. The third kappa shape index (κ3) is 2.66. The Morgan fingerprint density at radius 1 is 1.45 bits per heavy atom. The van der Waals surface area contributed by atoms with Crippen molar-refractivity contribution in [2.45, 2.75) is 26.2 Å². The Labute approximate surface area is 66.3 Å². The number of pyridine rings is 1. The maximum atomic E-state index is 12.5. The fourth-order valence-corrected chi connectivity index (χ4v) is 0.947. The third-order valence-electron chi connectivity index (χ3n) is 1.56. The van der Waals surface area contributed by atoms with Crippen molar-refractivity contribution in [1.82, 2.24) is 4.98 Å². The first kappa shape index (κ1) is 8.18. The van der Waals surface area contributed by atoms with Crippen molar-refractivity contribution in [3.05, 3.63) is 29.8 Å². The normalized spacial score (nSPS) is 10.0. The molecule has 1 rings (SSSR count). The molecule has 1 nitrogen and oxygen atoms in total. The van der Waals surface area contributed by atoms with E-state index in [1.165, 1.54) is 6.07 Å². The first-order valence-corrected chi connectivity index (χ1v) is 3.94. The summed E-state index contributed by atoms with van der Waals surface area (Å²) in [5.74, 6) is -0.376. The molecule has 11 heavy (non-hydrogen) atoms. The highest BCUT2D eigenvalue weighted by molar-refractivity contribution is 5.04. The number of hydrogen-bond acceptors (Lipinski definition) is 1. The van der Waals surface area contributed by atoms with Gasteiger partial charge in [-0.05, 0) is 25.0 Å². The van der Waals surface area contributed by atoms with Gasteiger partial charge in [0.05, 0.1) is 0 Å². The number of unbranched alkanes of at least 4 members (excludes halogenated alkanes) is 1. The highest BCUT2D eigenvalue weighted by Crippen LogP contribution is 2.02. The molecule has 0 saturated carbocycles. The van der Waals surface area contributed by atoms with Crippen molar-refractivity contribution >= 4 is 0 Å². The Morgan fingerprint density at radius 3 is 2.91 bits per heavy atom. The number of aryl methyl sites for hydroxylation is 1. The predicted molar refractivity (Wildman–Crippen MR) is 42.8 cm³/mol. The minimum atomic E-state index is -0.376. The molecule has 1 aromatic heterocycles. The van der Waals surface area contributed by atoms with E-state index in [1.807, 2.05) is 6.07 Å². The van der Waals surface area contributed by atoms with Crippen LogP contribution < -0.4 is 0 Å². The van der Waals surface area contributed by atoms with Gasteiger partial charge in [-0.15, -0.1) is 0 Å². The van der Waals surface area contributed by atoms with Crippen LogP contribution in [0.1, 0.15) is 25.5 Å². The molecule has 0 saturated heterocycles. The quantitative estimate of drug-likeness (QED) is 0.608. The summed E-state index contributed by atoms with van der Waals surface area (Å²) in [7, 11) is 0. The second-order valence-corrected chi connectivity index (χ2v) is 2.56. The maximum absolute atomic E-state index is 12.5. The minimum absolute atomic E-state index is 0.376. The largest absolute Gasteiger partial charge is 0.225 e. The zero-order chi connectivity index (χ0) is 8.10. The van der Waals surface area contributed by atoms with Crippen LogP contribution in [-0.2, 0) is 6.42 Å². The molecular weight excluding hydrogens is 141 g/mol. The molecule has 0 aliphatic rings. The zero-order valence-electron chi connectivity index (χ0n) is 6.68. The summed E-state index contributed by atoms with van der Waals surface area (Å²) in [6.07, 6.45) is 3.09. The lowest BCUT2D eigenvalue weighted by atomic mass is 10.2. The summed E-state index contributed by atoms with van der Waals surface area (Å²) in [5, 5.41) is 0. The molecule has 0 aromatic carbocycles. The fourth-order valence-electron chi connectivity index (χ4n) is 0.947. The van der Waals surface area contributed by atoms with Gasteiger partial charge in [-0.25, -0.2) is 4.98 Å². The molecule has 0 N–H and O–H groups in total. The summed E-state index contributed by atoms with van der Waals surface area (Å²) in [6.45, 7) is 2.11. The number of nitrogens with zero attached hydrogens (tertiary/aromatic N) is 1. The summed E-state index contributed by atoms with van der Waals surface area (Å²) in [6, 6.07) is 4.93. The van der Waals surface area contributed by atoms with Gasteiger partial charge < -0.3 is 0 Å². The van der Waals surface area contributed by atoms with Gasteiger partial charge in [0.2, 0.25) is 5.95 Å². The molecule has 0 atom stereocenters. The number of aromatic nitrogens is 1. The van der Waals surface area contributed by atoms with E-state index < -0.39 is 0 Å². The van der Waals surface area contributed by atoms with Crippen LogP contribution >= 0.6 is 0 Å². The van der Waals surface area contributed by atoms with E-state index in [0.717, 1.165) is 25.0 Å². The van der Waals surface area contributed by atoms with E-state index in [4.69, 9.17) is 0 Å². The van der Waals surface area contributed by atoms with Gasteiger partial charge in [0.15, 0.2) is 0 Å². The monoisotopic (exact) mass is 153 g/mol. The van der Waals surface area contributed by atoms with Gasteiger partial charge in [0, 0.05) is 5.69 Å². The summed E-state index contributed by atoms with van der Waals surface area (Å²) in [4.78, 5) is 3.74. The smallest absolute Gasteiger partial charge is 0.213 e. The topological polar surface area (TPSA) is 12.9 Å². The standard InChI is InChI=1S/C9H12FN/c1-2-3-5-8-6-4-7-9(10)11-8/h4,6-7H,2-3,5H2,1H3. The van der Waals surface area contributed by atoms with Gasteiger partial charge >= 0.3 is 0 Å². The van der Waals surface area contributed by atoms with Crippen LogP contribution in [0.5, 0.6) is 0 Å². The Morgan fingerprint density at radius 2 is 2.27 bits per heavy atom. The average Bonchev–Trinajstić information content (AvgIpc) is 2.01. The number of halogens is 1. The van der Waals surface area contributed by atoms with Crippen molar-refractivity contribution in [3.63, 3.8) is 0 Å². The van der Waals surface area contributed by atoms with Crippen LogP contribution in [0.2, 0.25) is 0 Å². The van der Waals surface area contributed by atoms with Crippen molar-refractivity contribution < 1.29 is 4.39 Å². The molecule has 0 aliphatic heterocycles. The van der Waals surface area contributed by atoms with Gasteiger partial charge in [-0.3, -0.25) is 0 Å². The van der Waals surface area contributed by atoms with Crippen molar-refractivity contribution in [2.75, 3.05) is 0 Å². The van der Waals surface area contributed by atoms with Crippen LogP contribution in [0.15, 0.2) is 18.2 Å². The lowest BCUT2D eigenvalue weighted by Crippen LogP contribution is -1.91. The van der Waals surface area contributed by atoms with E-state index in [1.54, 1.807) is 6.07 Å². The van der Waals surface area contributed by atoms with Crippen LogP contribution in [0.3, 0.4) is 0 Å². The number of hydrogen-bond donors (Lipinski definition) is 0. The van der Waals surface area contributed by atoms with Crippen LogP contribution in [0, 0.1) is 5.95 Å². The molecular formula is C9H12FN. The molecule has 0 bridgehead atoms. The number of rotatable bonds is 3. The molecule has 0 fully saturated rings. The first-order valence-electron chi connectivity index (χ1n) is 3.94. The highest BCUT2D eigenvalue weighted by Gasteiger charge is 1.94. The van der Waals surface area contributed by atoms with Gasteiger partial charge in [0.1, 0.15) is 0 Å². The van der Waals surface area contributed by atoms with Gasteiger partial charge in [-0.2, -0.15) is 4.39 Å². The Bertz CT molecular complexity index is 223. The van der Waals surface area contributed by atoms with Gasteiger partial charge in [0.25, 0.3) is 0 Å². The fraction of sp³-hybridized carbons (Fsp3) is 0.444. The van der Waals surface area contributed by atoms with E-state index >= 15 is 0 Å². The summed E-state index contributed by atoms with van der Waals surface area (Å²) < 4.78 is 12.5. The van der Waals surface area contributed by atoms with E-state index in [-0.39, 0.29) is 5.95 Å². The molecule has 1 aromatic rings. The molecule has 0 radical (unpaired) electrons. The molecule has 0 amide bonds. The van der Waals surface area contributed by atoms with Crippen LogP contribution in [0.4, 0.5) is 4.39 Å². The molecule has 2 heteroatoms. The summed E-state index contributed by atoms with van der Waals surface area (Å²) in [5.41, 5.74) is 0.854. The zero-order valence-corrected chi connectivity index (χ0v) is 6.68. The van der Waals surface area contributed by atoms with Crippen molar-refractivity contribution in [1.29, 1.82) is 0 Å². The Balaban J connectivity index is 2.56. The molecule has 60 valence electrons. The van der Waals surface area contributed by atoms with E-state index in [0.29, 0.717) is 0 Å². The Kier molecular flexibility index (Phi) is 3.02. The molecule has 0 spiro atoms. The second kappa shape index (κ2) is 4.06. The SMILES string of the molecule is CCCCc1cccc(F)n1. The van der Waals surface area contributed by atoms with E-state index in [2.05, 4.69) is 11.9 Å². The van der Waals surface area contributed by atoms with Gasteiger partial charge in [-0.1, -0.05) is 19.4 Å². The first-order chi connectivity index (χ1) is 5.33. The molecule has 0 aliphatic carbocycles. The predicted octanol–water partition coefficient (Wildman–Crippen LogP) is 2.56.